The second-order valence-electron chi connectivity index (χ2n) is 5.96. The molecule has 4 aromatic rings. The number of halogens is 1. The Morgan fingerprint density at radius 1 is 1.07 bits per heavy atom. The van der Waals surface area contributed by atoms with Gasteiger partial charge in [-0.3, -0.25) is 0 Å². The Morgan fingerprint density at radius 2 is 1.70 bits per heavy atom. The first-order chi connectivity index (χ1) is 12.9. The van der Waals surface area contributed by atoms with E-state index in [9.17, 15) is 12.8 Å². The van der Waals surface area contributed by atoms with E-state index < -0.39 is 15.7 Å². The molecule has 0 bridgehead atoms. The van der Waals surface area contributed by atoms with E-state index in [1.165, 1.54) is 12.1 Å². The fourth-order valence-corrected chi connectivity index (χ4v) is 4.51. The number of aromatic nitrogens is 3. The van der Waals surface area contributed by atoms with E-state index in [-0.39, 0.29) is 27.7 Å². The van der Waals surface area contributed by atoms with E-state index in [0.717, 1.165) is 12.1 Å². The highest BCUT2D eigenvalue weighted by molar-refractivity contribution is 7.92. The van der Waals surface area contributed by atoms with Crippen LogP contribution >= 0.6 is 0 Å². The van der Waals surface area contributed by atoms with Crippen LogP contribution in [-0.4, -0.2) is 23.0 Å². The number of anilines is 1. The Bertz CT molecular complexity index is 1300. The summed E-state index contributed by atoms with van der Waals surface area (Å²) in [7, 11) is -4.03. The minimum atomic E-state index is -4.03. The molecule has 6 nitrogen and oxygen atoms in total. The SMILES string of the molecule is C=CCn1c(N)c(S(=O)(=O)c2ccc(F)cc2)c2nc3ccccc3nc21. The first-order valence-electron chi connectivity index (χ1n) is 8.09. The molecule has 4 rings (SSSR count). The lowest BCUT2D eigenvalue weighted by Crippen LogP contribution is -2.07. The molecule has 27 heavy (non-hydrogen) atoms. The Kier molecular flexibility index (Phi) is 3.92. The predicted molar refractivity (Wildman–Crippen MR) is 101 cm³/mol. The number of nitrogens with zero attached hydrogens (tertiary/aromatic N) is 3. The van der Waals surface area contributed by atoms with Crippen LogP contribution in [0.3, 0.4) is 0 Å². The Morgan fingerprint density at radius 3 is 2.33 bits per heavy atom. The summed E-state index contributed by atoms with van der Waals surface area (Å²) in [5.41, 5.74) is 7.91. The van der Waals surface area contributed by atoms with Crippen LogP contribution in [0.2, 0.25) is 0 Å². The lowest BCUT2D eigenvalue weighted by Gasteiger charge is -2.06. The van der Waals surface area contributed by atoms with Crippen molar-refractivity contribution in [3.8, 4) is 0 Å². The van der Waals surface area contributed by atoms with E-state index in [1.807, 2.05) is 6.07 Å². The van der Waals surface area contributed by atoms with Crippen LogP contribution < -0.4 is 5.73 Å². The lowest BCUT2D eigenvalue weighted by atomic mass is 10.3. The largest absolute Gasteiger partial charge is 0.384 e. The molecule has 2 aromatic carbocycles. The molecule has 0 unspecified atom stereocenters. The van der Waals surface area contributed by atoms with E-state index in [1.54, 1.807) is 28.8 Å². The van der Waals surface area contributed by atoms with Crippen molar-refractivity contribution in [3.63, 3.8) is 0 Å². The summed E-state index contributed by atoms with van der Waals surface area (Å²) in [4.78, 5) is 8.85. The Balaban J connectivity index is 2.10. The number of hydrogen-bond donors (Lipinski definition) is 1. The maximum Gasteiger partial charge on any atom is 0.212 e. The molecule has 136 valence electrons. The standard InChI is InChI=1S/C19H15FN4O2S/c1-2-11-24-18(21)17(27(25,26)13-9-7-12(20)8-10-13)16-19(24)23-15-6-4-3-5-14(15)22-16/h2-10H,1,11,21H2. The highest BCUT2D eigenvalue weighted by Crippen LogP contribution is 2.35. The number of hydrogen-bond acceptors (Lipinski definition) is 5. The fraction of sp³-hybridized carbons (Fsp3) is 0.0526. The van der Waals surface area contributed by atoms with E-state index in [0.29, 0.717) is 16.7 Å². The van der Waals surface area contributed by atoms with Crippen molar-refractivity contribution < 1.29 is 12.8 Å². The third-order valence-electron chi connectivity index (χ3n) is 4.25. The monoisotopic (exact) mass is 382 g/mol. The van der Waals surface area contributed by atoms with Crippen LogP contribution in [0.15, 0.2) is 71.0 Å². The molecule has 2 N–H and O–H groups in total. The van der Waals surface area contributed by atoms with Crippen molar-refractivity contribution in [2.45, 2.75) is 16.3 Å². The molecule has 8 heteroatoms. The summed E-state index contributed by atoms with van der Waals surface area (Å²) in [5, 5.41) is 0. The molecule has 2 heterocycles. The number of allylic oxidation sites excluding steroid dienone is 1. The van der Waals surface area contributed by atoms with E-state index in [2.05, 4.69) is 16.5 Å². The van der Waals surface area contributed by atoms with Gasteiger partial charge in [0.15, 0.2) is 5.65 Å². The van der Waals surface area contributed by atoms with Crippen molar-refractivity contribution >= 4 is 37.9 Å². The van der Waals surface area contributed by atoms with Gasteiger partial charge in [-0.2, -0.15) is 0 Å². The number of nitrogens with two attached hydrogens (primary N) is 1. The van der Waals surface area contributed by atoms with Crippen LogP contribution in [-0.2, 0) is 16.4 Å². The first kappa shape index (κ1) is 17.2. The average molecular weight is 382 g/mol. The van der Waals surface area contributed by atoms with Gasteiger partial charge in [-0.25, -0.2) is 22.8 Å². The number of benzene rings is 2. The average Bonchev–Trinajstić information content (AvgIpc) is 2.92. The maximum atomic E-state index is 13.2. The predicted octanol–water partition coefficient (Wildman–Crippen LogP) is 3.32. The summed E-state index contributed by atoms with van der Waals surface area (Å²) in [6.07, 6.45) is 1.60. The molecule has 0 aliphatic heterocycles. The molecular weight excluding hydrogens is 367 g/mol. The highest BCUT2D eigenvalue weighted by atomic mass is 32.2. The van der Waals surface area contributed by atoms with E-state index >= 15 is 0 Å². The zero-order valence-electron chi connectivity index (χ0n) is 14.1. The van der Waals surface area contributed by atoms with Gasteiger partial charge in [0, 0.05) is 6.54 Å². The molecule has 0 radical (unpaired) electrons. The van der Waals surface area contributed by atoms with Crippen LogP contribution in [0.5, 0.6) is 0 Å². The summed E-state index contributed by atoms with van der Waals surface area (Å²) in [6.45, 7) is 3.96. The van der Waals surface area contributed by atoms with Crippen molar-refractivity contribution in [1.29, 1.82) is 0 Å². The molecule has 0 saturated carbocycles. The minimum Gasteiger partial charge on any atom is -0.384 e. The van der Waals surface area contributed by atoms with Gasteiger partial charge in [-0.1, -0.05) is 18.2 Å². The topological polar surface area (TPSA) is 90.9 Å². The molecule has 0 saturated heterocycles. The molecule has 0 aliphatic rings. The molecular formula is C19H15FN4O2S. The highest BCUT2D eigenvalue weighted by Gasteiger charge is 2.29. The minimum absolute atomic E-state index is 0.0181. The number of rotatable bonds is 4. The van der Waals surface area contributed by atoms with Gasteiger partial charge in [0.25, 0.3) is 0 Å². The first-order valence-corrected chi connectivity index (χ1v) is 9.58. The van der Waals surface area contributed by atoms with E-state index in [4.69, 9.17) is 5.73 Å². The summed E-state index contributed by atoms with van der Waals surface area (Å²) < 4.78 is 41.2. The van der Waals surface area contributed by atoms with Crippen LogP contribution in [0.1, 0.15) is 0 Å². The van der Waals surface area contributed by atoms with Gasteiger partial charge in [-0.05, 0) is 36.4 Å². The molecule has 0 fully saturated rings. The number of nitrogen functional groups attached to an aromatic ring is 1. The quantitative estimate of drug-likeness (QED) is 0.432. The lowest BCUT2D eigenvalue weighted by molar-refractivity contribution is 0.595. The normalized spacial score (nSPS) is 11.9. The van der Waals surface area contributed by atoms with Gasteiger partial charge >= 0.3 is 0 Å². The van der Waals surface area contributed by atoms with Gasteiger partial charge < -0.3 is 10.3 Å². The third kappa shape index (κ3) is 2.65. The van der Waals surface area contributed by atoms with Crippen LogP contribution in [0.25, 0.3) is 22.2 Å². The number of sulfone groups is 1. The molecule has 0 amide bonds. The van der Waals surface area contributed by atoms with Crippen molar-refractivity contribution in [1.82, 2.24) is 14.5 Å². The summed E-state index contributed by atoms with van der Waals surface area (Å²) in [5.74, 6) is -0.508. The molecule has 0 atom stereocenters. The smallest absolute Gasteiger partial charge is 0.212 e. The van der Waals surface area contributed by atoms with Gasteiger partial charge in [0.2, 0.25) is 9.84 Å². The zero-order valence-corrected chi connectivity index (χ0v) is 14.9. The fourth-order valence-electron chi connectivity index (χ4n) is 3.00. The second kappa shape index (κ2) is 6.17. The van der Waals surface area contributed by atoms with Gasteiger partial charge in [0.1, 0.15) is 22.0 Å². The van der Waals surface area contributed by atoms with Gasteiger partial charge in [0.05, 0.1) is 15.9 Å². The third-order valence-corrected chi connectivity index (χ3v) is 6.08. The van der Waals surface area contributed by atoms with Crippen molar-refractivity contribution in [3.05, 3.63) is 67.0 Å². The molecule has 0 aliphatic carbocycles. The number of fused-ring (bicyclic) bond motifs is 2. The summed E-state index contributed by atoms with van der Waals surface area (Å²) in [6, 6.07) is 11.7. The molecule has 0 spiro atoms. The second-order valence-corrected chi connectivity index (χ2v) is 7.84. The summed E-state index contributed by atoms with van der Waals surface area (Å²) >= 11 is 0. The Labute approximate surface area is 154 Å². The van der Waals surface area contributed by atoms with Crippen molar-refractivity contribution in [2.24, 2.45) is 0 Å². The van der Waals surface area contributed by atoms with Crippen LogP contribution in [0, 0.1) is 5.82 Å². The van der Waals surface area contributed by atoms with Crippen molar-refractivity contribution in [2.75, 3.05) is 5.73 Å². The maximum absolute atomic E-state index is 13.2. The number of para-hydroxylation sites is 2. The van der Waals surface area contributed by atoms with Crippen LogP contribution in [0.4, 0.5) is 10.2 Å². The molecule has 2 aromatic heterocycles. The Hall–Kier alpha value is -3.26. The zero-order chi connectivity index (χ0) is 19.2. The van der Waals surface area contributed by atoms with Gasteiger partial charge in [-0.15, -0.1) is 6.58 Å².